The van der Waals surface area contributed by atoms with Gasteiger partial charge in [-0.2, -0.15) is 0 Å². The maximum Gasteiger partial charge on any atom is 0.407 e. The molecule has 8 nitrogen and oxygen atoms in total. The third kappa shape index (κ3) is 2.59. The predicted molar refractivity (Wildman–Crippen MR) is 82.9 cm³/mol. The van der Waals surface area contributed by atoms with E-state index in [-0.39, 0.29) is 6.04 Å². The van der Waals surface area contributed by atoms with E-state index in [2.05, 4.69) is 25.3 Å². The third-order valence-electron chi connectivity index (χ3n) is 4.69. The van der Waals surface area contributed by atoms with Crippen LogP contribution in [0, 0.1) is 0 Å². The molecule has 0 bridgehead atoms. The Morgan fingerprint density at radius 2 is 1.87 bits per heavy atom. The summed E-state index contributed by atoms with van der Waals surface area (Å²) in [6.07, 6.45) is 6.59. The summed E-state index contributed by atoms with van der Waals surface area (Å²) in [5.41, 5.74) is 1.72. The highest BCUT2D eigenvalue weighted by atomic mass is 16.4. The largest absolute Gasteiger partial charge is 0.465 e. The quantitative estimate of drug-likeness (QED) is 0.692. The van der Waals surface area contributed by atoms with Crippen LogP contribution in [0.5, 0.6) is 0 Å². The highest BCUT2D eigenvalue weighted by molar-refractivity contribution is 5.66. The topological polar surface area (TPSA) is 110 Å². The second-order valence-corrected chi connectivity index (χ2v) is 6.15. The third-order valence-corrected chi connectivity index (χ3v) is 4.69. The van der Waals surface area contributed by atoms with Crippen molar-refractivity contribution in [3.05, 3.63) is 24.0 Å². The first-order valence-corrected chi connectivity index (χ1v) is 8.05. The number of hydrogen-bond acceptors (Lipinski definition) is 4. The maximum atomic E-state index is 11.3. The molecule has 2 aromatic heterocycles. The minimum atomic E-state index is -0.887. The van der Waals surface area contributed by atoms with Gasteiger partial charge in [-0.05, 0) is 32.2 Å². The second-order valence-electron chi connectivity index (χ2n) is 6.15. The predicted octanol–water partition coefficient (Wildman–Crippen LogP) is 2.04. The molecule has 1 amide bonds. The van der Waals surface area contributed by atoms with Gasteiger partial charge in [0.15, 0.2) is 0 Å². The number of carboxylic acid groups (broad SMARTS) is 1. The van der Waals surface area contributed by atoms with Crippen molar-refractivity contribution in [1.82, 2.24) is 30.2 Å². The van der Waals surface area contributed by atoms with Crippen molar-refractivity contribution in [3.8, 4) is 11.4 Å². The van der Waals surface area contributed by atoms with Crippen molar-refractivity contribution >= 4 is 6.09 Å². The summed E-state index contributed by atoms with van der Waals surface area (Å²) < 4.78 is 0. The first-order valence-electron chi connectivity index (χ1n) is 8.05. The SMILES string of the molecule is O=C(O)N1CCC[C@H]1c1ncc(-c2cnc([C@@H]3CCCN3)[nH]2)[nH]1. The Balaban J connectivity index is 1.55. The number of nitrogens with zero attached hydrogens (tertiary/aromatic N) is 3. The number of aromatic amines is 2. The molecule has 0 aliphatic carbocycles. The van der Waals surface area contributed by atoms with Gasteiger partial charge in [0.25, 0.3) is 0 Å². The van der Waals surface area contributed by atoms with Crippen molar-refractivity contribution < 1.29 is 9.90 Å². The Kier molecular flexibility index (Phi) is 3.53. The van der Waals surface area contributed by atoms with Crippen LogP contribution in [0.3, 0.4) is 0 Å². The molecular weight excluding hydrogens is 296 g/mol. The van der Waals surface area contributed by atoms with Crippen molar-refractivity contribution in [1.29, 1.82) is 0 Å². The van der Waals surface area contributed by atoms with Gasteiger partial charge in [0, 0.05) is 6.54 Å². The first-order chi connectivity index (χ1) is 11.2. The number of H-pyrrole nitrogens is 2. The van der Waals surface area contributed by atoms with Crippen LogP contribution in [-0.4, -0.2) is 49.1 Å². The number of imidazole rings is 2. The number of amides is 1. The van der Waals surface area contributed by atoms with Crippen LogP contribution in [0.15, 0.2) is 12.4 Å². The summed E-state index contributed by atoms with van der Waals surface area (Å²) in [6.45, 7) is 1.60. The Labute approximate surface area is 133 Å². The zero-order valence-electron chi connectivity index (χ0n) is 12.7. The van der Waals surface area contributed by atoms with Crippen LogP contribution in [-0.2, 0) is 0 Å². The van der Waals surface area contributed by atoms with E-state index >= 15 is 0 Å². The van der Waals surface area contributed by atoms with E-state index in [9.17, 15) is 9.90 Å². The van der Waals surface area contributed by atoms with Gasteiger partial charge in [0.05, 0.1) is 35.9 Å². The number of nitrogens with one attached hydrogen (secondary N) is 3. The lowest BCUT2D eigenvalue weighted by atomic mass is 10.2. The first kappa shape index (κ1) is 14.3. The van der Waals surface area contributed by atoms with Gasteiger partial charge in [-0.3, -0.25) is 4.90 Å². The molecule has 4 heterocycles. The molecule has 0 unspecified atom stereocenters. The average molecular weight is 316 g/mol. The number of likely N-dealkylation sites (tertiary alicyclic amines) is 1. The molecule has 2 saturated heterocycles. The van der Waals surface area contributed by atoms with Crippen molar-refractivity contribution in [2.45, 2.75) is 37.8 Å². The Morgan fingerprint density at radius 1 is 1.13 bits per heavy atom. The Bertz CT molecular complexity index is 702. The molecule has 4 N–H and O–H groups in total. The fraction of sp³-hybridized carbons (Fsp3) is 0.533. The summed E-state index contributed by atoms with van der Waals surface area (Å²) in [6, 6.07) is 0.114. The van der Waals surface area contributed by atoms with Gasteiger partial charge >= 0.3 is 6.09 Å². The van der Waals surface area contributed by atoms with Crippen molar-refractivity contribution in [2.24, 2.45) is 0 Å². The minimum absolute atomic E-state index is 0.180. The molecule has 2 atom stereocenters. The molecule has 0 radical (unpaired) electrons. The van der Waals surface area contributed by atoms with Crippen LogP contribution in [0.1, 0.15) is 49.4 Å². The standard InChI is InChI=1S/C15H20N6O2/c22-15(23)21-6-2-4-12(21)14-18-8-11(20-14)10-7-17-13(19-10)9-3-1-5-16-9/h7-9,12,16H,1-6H2,(H,17,19)(H,18,20)(H,22,23)/t9-,12-/m0/s1. The monoisotopic (exact) mass is 316 g/mol. The van der Waals surface area contributed by atoms with E-state index in [0.29, 0.717) is 18.4 Å². The fourth-order valence-corrected chi connectivity index (χ4v) is 3.49. The summed E-state index contributed by atoms with van der Waals surface area (Å²) in [7, 11) is 0. The summed E-state index contributed by atoms with van der Waals surface area (Å²) in [5, 5.41) is 12.7. The van der Waals surface area contributed by atoms with Gasteiger partial charge in [-0.25, -0.2) is 14.8 Å². The van der Waals surface area contributed by atoms with Crippen LogP contribution in [0.2, 0.25) is 0 Å². The van der Waals surface area contributed by atoms with Gasteiger partial charge < -0.3 is 20.4 Å². The van der Waals surface area contributed by atoms with Gasteiger partial charge in [-0.1, -0.05) is 0 Å². The number of hydrogen-bond donors (Lipinski definition) is 4. The normalized spacial score (nSPS) is 24.4. The minimum Gasteiger partial charge on any atom is -0.465 e. The van der Waals surface area contributed by atoms with E-state index in [1.165, 1.54) is 11.3 Å². The van der Waals surface area contributed by atoms with Crippen LogP contribution in [0.25, 0.3) is 11.4 Å². The molecule has 122 valence electrons. The molecule has 2 fully saturated rings. The van der Waals surface area contributed by atoms with Crippen LogP contribution < -0.4 is 5.32 Å². The molecule has 23 heavy (non-hydrogen) atoms. The zero-order chi connectivity index (χ0) is 15.8. The van der Waals surface area contributed by atoms with Gasteiger partial charge in [-0.15, -0.1) is 0 Å². The fourth-order valence-electron chi connectivity index (χ4n) is 3.49. The van der Waals surface area contributed by atoms with Crippen molar-refractivity contribution in [2.75, 3.05) is 13.1 Å². The van der Waals surface area contributed by atoms with Crippen molar-refractivity contribution in [3.63, 3.8) is 0 Å². The maximum absolute atomic E-state index is 11.3. The molecule has 0 spiro atoms. The highest BCUT2D eigenvalue weighted by Crippen LogP contribution is 2.31. The van der Waals surface area contributed by atoms with Gasteiger partial charge in [0.1, 0.15) is 11.6 Å². The van der Waals surface area contributed by atoms with Crippen LogP contribution in [0.4, 0.5) is 4.79 Å². The number of rotatable bonds is 3. The highest BCUT2D eigenvalue weighted by Gasteiger charge is 2.32. The zero-order valence-corrected chi connectivity index (χ0v) is 12.7. The molecular formula is C15H20N6O2. The lowest BCUT2D eigenvalue weighted by Crippen LogP contribution is -2.29. The molecule has 0 saturated carbocycles. The lowest BCUT2D eigenvalue weighted by molar-refractivity contribution is 0.139. The second kappa shape index (κ2) is 5.69. The molecule has 4 rings (SSSR count). The Hall–Kier alpha value is -2.35. The van der Waals surface area contributed by atoms with Crippen LogP contribution >= 0.6 is 0 Å². The molecule has 2 aliphatic heterocycles. The van der Waals surface area contributed by atoms with E-state index in [4.69, 9.17) is 0 Å². The van der Waals surface area contributed by atoms with Gasteiger partial charge in [0.2, 0.25) is 0 Å². The van der Waals surface area contributed by atoms with E-state index < -0.39 is 6.09 Å². The average Bonchev–Trinajstić information content (AvgIpc) is 3.32. The summed E-state index contributed by atoms with van der Waals surface area (Å²) >= 11 is 0. The summed E-state index contributed by atoms with van der Waals surface area (Å²) in [4.78, 5) is 28.2. The molecule has 2 aliphatic rings. The number of carbonyl (C=O) groups is 1. The summed E-state index contributed by atoms with van der Waals surface area (Å²) in [5.74, 6) is 1.65. The number of aromatic nitrogens is 4. The Morgan fingerprint density at radius 3 is 2.57 bits per heavy atom. The van der Waals surface area contributed by atoms with E-state index in [1.54, 1.807) is 12.4 Å². The lowest BCUT2D eigenvalue weighted by Gasteiger charge is -2.19. The van der Waals surface area contributed by atoms with E-state index in [0.717, 1.165) is 43.0 Å². The molecule has 0 aromatic carbocycles. The molecule has 8 heteroatoms. The smallest absolute Gasteiger partial charge is 0.407 e. The van der Waals surface area contributed by atoms with E-state index in [1.807, 2.05) is 0 Å². The molecule has 2 aromatic rings.